The molecule has 0 aliphatic heterocycles. The molecule has 172 valence electrons. The molecule has 0 radical (unpaired) electrons. The fraction of sp³-hybridized carbons (Fsp3) is 0.200. The van der Waals surface area contributed by atoms with Gasteiger partial charge in [-0.15, -0.1) is 0 Å². The lowest BCUT2D eigenvalue weighted by Gasteiger charge is -2.21. The van der Waals surface area contributed by atoms with Crippen molar-refractivity contribution in [2.45, 2.75) is 13.5 Å². The van der Waals surface area contributed by atoms with Gasteiger partial charge in [0.1, 0.15) is 17.0 Å². The molecule has 0 saturated carbocycles. The third-order valence-corrected chi connectivity index (χ3v) is 5.60. The molecule has 5 aromatic rings. The molecule has 0 atom stereocenters. The molecule has 0 spiro atoms. The number of aromatic amines is 1. The third kappa shape index (κ3) is 3.81. The quantitative estimate of drug-likeness (QED) is 0.368. The number of hydrogen-bond donors (Lipinski definition) is 1. The van der Waals surface area contributed by atoms with Crippen LogP contribution in [0.3, 0.4) is 0 Å². The van der Waals surface area contributed by atoms with Gasteiger partial charge in [0.05, 0.1) is 25.6 Å². The van der Waals surface area contributed by atoms with Crippen molar-refractivity contribution < 1.29 is 14.3 Å². The van der Waals surface area contributed by atoms with E-state index in [1.54, 1.807) is 18.5 Å². The molecule has 9 heteroatoms. The van der Waals surface area contributed by atoms with Crippen LogP contribution >= 0.6 is 0 Å². The predicted octanol–water partition coefficient (Wildman–Crippen LogP) is 4.09. The molecule has 0 saturated heterocycles. The van der Waals surface area contributed by atoms with Gasteiger partial charge in [-0.3, -0.25) is 0 Å². The Kier molecular flexibility index (Phi) is 5.59. The van der Waals surface area contributed by atoms with E-state index in [9.17, 15) is 4.79 Å². The number of benzene rings is 1. The van der Waals surface area contributed by atoms with Crippen LogP contribution in [0, 0.1) is 0 Å². The van der Waals surface area contributed by atoms with Gasteiger partial charge < -0.3 is 19.4 Å². The summed E-state index contributed by atoms with van der Waals surface area (Å²) in [5.74, 6) is 0.854. The van der Waals surface area contributed by atoms with Crippen LogP contribution in [-0.4, -0.2) is 51.3 Å². The second kappa shape index (κ2) is 8.86. The maximum absolute atomic E-state index is 12.6. The Morgan fingerprint density at radius 3 is 2.74 bits per heavy atom. The van der Waals surface area contributed by atoms with Gasteiger partial charge in [0.15, 0.2) is 5.65 Å². The second-order valence-corrected chi connectivity index (χ2v) is 7.81. The molecule has 0 amide bonds. The molecular formula is C25H24N6O3. The van der Waals surface area contributed by atoms with E-state index in [0.717, 1.165) is 22.3 Å². The summed E-state index contributed by atoms with van der Waals surface area (Å²) in [6.45, 7) is 2.70. The van der Waals surface area contributed by atoms with E-state index in [1.807, 2.05) is 49.6 Å². The highest BCUT2D eigenvalue weighted by Gasteiger charge is 2.21. The Morgan fingerprint density at radius 1 is 1.15 bits per heavy atom. The van der Waals surface area contributed by atoms with Gasteiger partial charge in [-0.05, 0) is 18.6 Å². The van der Waals surface area contributed by atoms with E-state index in [0.29, 0.717) is 35.0 Å². The Labute approximate surface area is 196 Å². The highest BCUT2D eigenvalue weighted by molar-refractivity contribution is 5.97. The molecule has 34 heavy (non-hydrogen) atoms. The first kappa shape index (κ1) is 21.4. The van der Waals surface area contributed by atoms with Crippen LogP contribution < -0.4 is 9.64 Å². The molecular weight excluding hydrogens is 432 g/mol. The number of carbonyl (C=O) groups is 1. The number of H-pyrrole nitrogens is 1. The average molecular weight is 457 g/mol. The molecule has 1 aromatic carbocycles. The second-order valence-electron chi connectivity index (χ2n) is 7.81. The Hall–Kier alpha value is -4.40. The largest absolute Gasteiger partial charge is 0.481 e. The van der Waals surface area contributed by atoms with Crippen molar-refractivity contribution >= 4 is 28.5 Å². The number of ether oxygens (including phenoxy) is 2. The number of nitrogens with one attached hydrogen (secondary N) is 1. The van der Waals surface area contributed by atoms with Crippen molar-refractivity contribution in [2.24, 2.45) is 0 Å². The summed E-state index contributed by atoms with van der Waals surface area (Å²) in [5.41, 5.74) is 4.14. The Balaban J connectivity index is 1.67. The smallest absolute Gasteiger partial charge is 0.343 e. The van der Waals surface area contributed by atoms with Crippen LogP contribution in [0.15, 0.2) is 60.9 Å². The lowest BCUT2D eigenvalue weighted by Crippen LogP contribution is -2.20. The molecule has 0 aliphatic rings. The first-order valence-electron chi connectivity index (χ1n) is 10.9. The maximum Gasteiger partial charge on any atom is 0.343 e. The van der Waals surface area contributed by atoms with Gasteiger partial charge in [-0.1, -0.05) is 30.3 Å². The van der Waals surface area contributed by atoms with Gasteiger partial charge in [-0.25, -0.2) is 9.78 Å². The molecule has 9 nitrogen and oxygen atoms in total. The molecule has 4 heterocycles. The summed E-state index contributed by atoms with van der Waals surface area (Å²) in [5, 5.41) is 5.36. The summed E-state index contributed by atoms with van der Waals surface area (Å²) in [6, 6.07) is 15.9. The van der Waals surface area contributed by atoms with Crippen molar-refractivity contribution in [1.29, 1.82) is 0 Å². The van der Waals surface area contributed by atoms with Gasteiger partial charge >= 0.3 is 5.97 Å². The number of methoxy groups -OCH3 is 1. The molecule has 0 unspecified atom stereocenters. The summed E-state index contributed by atoms with van der Waals surface area (Å²) in [4.78, 5) is 27.2. The number of esters is 1. The minimum Gasteiger partial charge on any atom is -0.481 e. The zero-order valence-electron chi connectivity index (χ0n) is 19.1. The minimum absolute atomic E-state index is 0.270. The van der Waals surface area contributed by atoms with Crippen molar-refractivity contribution in [2.75, 3.05) is 25.7 Å². The Bertz CT molecular complexity index is 1470. The predicted molar refractivity (Wildman–Crippen MR) is 129 cm³/mol. The first-order valence-corrected chi connectivity index (χ1v) is 10.9. The molecule has 0 aliphatic carbocycles. The number of pyridine rings is 1. The summed E-state index contributed by atoms with van der Waals surface area (Å²) < 4.78 is 12.2. The van der Waals surface area contributed by atoms with Gasteiger partial charge in [0.25, 0.3) is 0 Å². The van der Waals surface area contributed by atoms with Crippen LogP contribution in [0.5, 0.6) is 5.88 Å². The lowest BCUT2D eigenvalue weighted by molar-refractivity contribution is 0.0528. The van der Waals surface area contributed by atoms with Crippen LogP contribution in [-0.2, 0) is 11.3 Å². The van der Waals surface area contributed by atoms with Crippen molar-refractivity contribution in [1.82, 2.24) is 24.6 Å². The molecule has 5 rings (SSSR count). The number of rotatable bonds is 7. The lowest BCUT2D eigenvalue weighted by atomic mass is 10.1. The van der Waals surface area contributed by atoms with Gasteiger partial charge in [0.2, 0.25) is 5.88 Å². The van der Waals surface area contributed by atoms with E-state index >= 15 is 0 Å². The SMILES string of the molecule is CCOC(=O)c1cnn2c(N(C)Cc3ccccc3)cc(-c3c[nH]c4nc(OC)ccc34)nc12. The molecule has 1 N–H and O–H groups in total. The zero-order chi connectivity index (χ0) is 23.7. The summed E-state index contributed by atoms with van der Waals surface area (Å²) in [7, 11) is 3.57. The molecule has 0 bridgehead atoms. The first-order chi connectivity index (χ1) is 16.6. The number of hydrogen-bond acceptors (Lipinski definition) is 7. The standard InChI is InChI=1S/C25H24N6O3/c1-4-34-25(32)19-14-27-31-22(30(2)15-16-8-6-5-7-9-16)12-20(28-24(19)31)18-13-26-23-17(18)10-11-21(29-23)33-3/h5-14H,4,15H2,1-3H3,(H,26,29). The monoisotopic (exact) mass is 456 g/mol. The maximum atomic E-state index is 12.6. The number of aromatic nitrogens is 5. The summed E-state index contributed by atoms with van der Waals surface area (Å²) >= 11 is 0. The van der Waals surface area contributed by atoms with Crippen LogP contribution in [0.1, 0.15) is 22.8 Å². The van der Waals surface area contributed by atoms with Crippen LogP contribution in [0.4, 0.5) is 5.82 Å². The Morgan fingerprint density at radius 2 is 1.97 bits per heavy atom. The average Bonchev–Trinajstić information content (AvgIpc) is 3.48. The minimum atomic E-state index is -0.454. The van der Waals surface area contributed by atoms with Crippen molar-refractivity contribution in [3.63, 3.8) is 0 Å². The number of anilines is 1. The number of nitrogens with zero attached hydrogens (tertiary/aromatic N) is 5. The fourth-order valence-corrected chi connectivity index (χ4v) is 3.96. The van der Waals surface area contributed by atoms with Crippen LogP contribution in [0.2, 0.25) is 0 Å². The topological polar surface area (TPSA) is 97.6 Å². The van der Waals surface area contributed by atoms with E-state index in [4.69, 9.17) is 14.5 Å². The highest BCUT2D eigenvalue weighted by Crippen LogP contribution is 2.31. The van der Waals surface area contributed by atoms with E-state index in [-0.39, 0.29) is 6.61 Å². The van der Waals surface area contributed by atoms with Gasteiger partial charge in [-0.2, -0.15) is 14.6 Å². The normalized spacial score (nSPS) is 11.1. The molecule has 4 aromatic heterocycles. The number of carbonyl (C=O) groups excluding carboxylic acids is 1. The zero-order valence-corrected chi connectivity index (χ0v) is 19.1. The van der Waals surface area contributed by atoms with Crippen molar-refractivity contribution in [3.05, 3.63) is 72.1 Å². The third-order valence-electron chi connectivity index (χ3n) is 5.60. The van der Waals surface area contributed by atoms with E-state index in [2.05, 4.69) is 32.1 Å². The van der Waals surface area contributed by atoms with E-state index in [1.165, 1.54) is 6.20 Å². The highest BCUT2D eigenvalue weighted by atomic mass is 16.5. The van der Waals surface area contributed by atoms with Crippen LogP contribution in [0.25, 0.3) is 27.9 Å². The number of fused-ring (bicyclic) bond motifs is 2. The fourth-order valence-electron chi connectivity index (χ4n) is 3.96. The molecule has 0 fully saturated rings. The van der Waals surface area contributed by atoms with E-state index < -0.39 is 5.97 Å². The van der Waals surface area contributed by atoms with Gasteiger partial charge in [0, 0.05) is 42.9 Å². The van der Waals surface area contributed by atoms with Crippen molar-refractivity contribution in [3.8, 4) is 17.1 Å². The summed E-state index contributed by atoms with van der Waals surface area (Å²) in [6.07, 6.45) is 3.36.